The van der Waals surface area contributed by atoms with Gasteiger partial charge >= 0.3 is 0 Å². The molecule has 0 spiro atoms. The summed E-state index contributed by atoms with van der Waals surface area (Å²) in [7, 11) is 4.24. The average Bonchev–Trinajstić information content (AvgIpc) is 2.59. The SMILES string of the molecule is CN(C)CC1CC(O)CN1CC1CCNCC1. The Morgan fingerprint density at radius 2 is 2.00 bits per heavy atom. The zero-order valence-corrected chi connectivity index (χ0v) is 11.2. The highest BCUT2D eigenvalue weighted by molar-refractivity contribution is 4.88. The van der Waals surface area contributed by atoms with Crippen LogP contribution in [0.4, 0.5) is 0 Å². The van der Waals surface area contributed by atoms with Crippen LogP contribution in [0.3, 0.4) is 0 Å². The molecule has 2 aliphatic rings. The van der Waals surface area contributed by atoms with Gasteiger partial charge in [0.25, 0.3) is 0 Å². The number of aliphatic hydroxyl groups is 1. The van der Waals surface area contributed by atoms with E-state index >= 15 is 0 Å². The largest absolute Gasteiger partial charge is 0.392 e. The number of likely N-dealkylation sites (tertiary alicyclic amines) is 1. The maximum atomic E-state index is 9.84. The highest BCUT2D eigenvalue weighted by atomic mass is 16.3. The van der Waals surface area contributed by atoms with Crippen LogP contribution in [0.15, 0.2) is 0 Å². The van der Waals surface area contributed by atoms with E-state index in [0.29, 0.717) is 6.04 Å². The molecule has 0 radical (unpaired) electrons. The molecule has 100 valence electrons. The minimum atomic E-state index is -0.110. The van der Waals surface area contributed by atoms with E-state index in [1.165, 1.54) is 32.5 Å². The van der Waals surface area contributed by atoms with Crippen LogP contribution in [0.1, 0.15) is 19.3 Å². The first-order valence-electron chi connectivity index (χ1n) is 6.92. The quantitative estimate of drug-likeness (QED) is 0.726. The van der Waals surface area contributed by atoms with Crippen LogP contribution in [-0.2, 0) is 0 Å². The van der Waals surface area contributed by atoms with E-state index in [2.05, 4.69) is 29.2 Å². The van der Waals surface area contributed by atoms with Gasteiger partial charge in [0, 0.05) is 25.7 Å². The summed E-state index contributed by atoms with van der Waals surface area (Å²) >= 11 is 0. The van der Waals surface area contributed by atoms with E-state index < -0.39 is 0 Å². The number of likely N-dealkylation sites (N-methyl/N-ethyl adjacent to an activating group) is 1. The van der Waals surface area contributed by atoms with Gasteiger partial charge in [-0.2, -0.15) is 0 Å². The van der Waals surface area contributed by atoms with Gasteiger partial charge < -0.3 is 15.3 Å². The average molecular weight is 241 g/mol. The van der Waals surface area contributed by atoms with Gasteiger partial charge in [-0.1, -0.05) is 0 Å². The molecule has 0 aromatic carbocycles. The van der Waals surface area contributed by atoms with E-state index in [1.807, 2.05) is 0 Å². The summed E-state index contributed by atoms with van der Waals surface area (Å²) in [5, 5.41) is 13.3. The van der Waals surface area contributed by atoms with Crippen molar-refractivity contribution >= 4 is 0 Å². The number of β-amino-alcohol motifs (C(OH)–C–C–N with tert-alkyl or cyclic N) is 1. The molecule has 0 aliphatic carbocycles. The fraction of sp³-hybridized carbons (Fsp3) is 1.00. The molecule has 2 N–H and O–H groups in total. The second-order valence-corrected chi connectivity index (χ2v) is 5.95. The van der Waals surface area contributed by atoms with Gasteiger partial charge in [0.15, 0.2) is 0 Å². The Labute approximate surface area is 105 Å². The Balaban J connectivity index is 1.84. The van der Waals surface area contributed by atoms with Crippen molar-refractivity contribution in [1.29, 1.82) is 0 Å². The van der Waals surface area contributed by atoms with Crippen LogP contribution in [0.2, 0.25) is 0 Å². The van der Waals surface area contributed by atoms with Gasteiger partial charge in [0.05, 0.1) is 6.10 Å². The van der Waals surface area contributed by atoms with Gasteiger partial charge in [-0.15, -0.1) is 0 Å². The third-order valence-corrected chi connectivity index (χ3v) is 4.03. The van der Waals surface area contributed by atoms with Crippen molar-refractivity contribution < 1.29 is 5.11 Å². The molecule has 0 saturated carbocycles. The van der Waals surface area contributed by atoms with Crippen LogP contribution in [0.25, 0.3) is 0 Å². The Bertz CT molecular complexity index is 229. The Hall–Kier alpha value is -0.160. The molecule has 0 aromatic heterocycles. The van der Waals surface area contributed by atoms with Crippen LogP contribution >= 0.6 is 0 Å². The number of piperidine rings is 1. The molecule has 0 amide bonds. The highest BCUT2D eigenvalue weighted by Gasteiger charge is 2.32. The third-order valence-electron chi connectivity index (χ3n) is 4.03. The number of rotatable bonds is 4. The lowest BCUT2D eigenvalue weighted by molar-refractivity contribution is 0.150. The maximum Gasteiger partial charge on any atom is 0.0682 e. The van der Waals surface area contributed by atoms with Crippen molar-refractivity contribution in [3.05, 3.63) is 0 Å². The summed E-state index contributed by atoms with van der Waals surface area (Å²) in [6.07, 6.45) is 3.42. The number of hydrogen-bond acceptors (Lipinski definition) is 4. The zero-order valence-electron chi connectivity index (χ0n) is 11.2. The summed E-state index contributed by atoms with van der Waals surface area (Å²) in [4.78, 5) is 4.75. The molecule has 2 unspecified atom stereocenters. The monoisotopic (exact) mass is 241 g/mol. The molecule has 4 nitrogen and oxygen atoms in total. The number of hydrogen-bond donors (Lipinski definition) is 2. The summed E-state index contributed by atoms with van der Waals surface area (Å²) < 4.78 is 0. The van der Waals surface area contributed by atoms with Gasteiger partial charge in [-0.25, -0.2) is 0 Å². The topological polar surface area (TPSA) is 38.7 Å². The molecule has 0 aromatic rings. The van der Waals surface area contributed by atoms with Crippen LogP contribution in [0, 0.1) is 5.92 Å². The molecule has 0 bridgehead atoms. The molecule has 2 rings (SSSR count). The molecular formula is C13H27N3O. The van der Waals surface area contributed by atoms with Crippen LogP contribution in [-0.4, -0.2) is 73.9 Å². The first kappa shape index (κ1) is 13.3. The number of nitrogens with one attached hydrogen (secondary N) is 1. The highest BCUT2D eigenvalue weighted by Crippen LogP contribution is 2.22. The van der Waals surface area contributed by atoms with E-state index in [9.17, 15) is 5.11 Å². The van der Waals surface area contributed by atoms with Crippen LogP contribution < -0.4 is 5.32 Å². The van der Waals surface area contributed by atoms with E-state index in [0.717, 1.165) is 25.4 Å². The predicted octanol–water partition coefficient (Wildman–Crippen LogP) is -0.0172. The fourth-order valence-electron chi connectivity index (χ4n) is 3.19. The third kappa shape index (κ3) is 3.91. The standard InChI is InChI=1S/C13H27N3O/c1-15(2)9-12-7-13(17)10-16(12)8-11-3-5-14-6-4-11/h11-14,17H,3-10H2,1-2H3. The van der Waals surface area contributed by atoms with Gasteiger partial charge in [0.2, 0.25) is 0 Å². The molecule has 2 fully saturated rings. The molecule has 17 heavy (non-hydrogen) atoms. The molecule has 2 saturated heterocycles. The second-order valence-electron chi connectivity index (χ2n) is 5.95. The second kappa shape index (κ2) is 6.14. The molecule has 2 heterocycles. The van der Waals surface area contributed by atoms with Crippen molar-refractivity contribution in [3.63, 3.8) is 0 Å². The first-order valence-corrected chi connectivity index (χ1v) is 6.92. The Morgan fingerprint density at radius 1 is 1.29 bits per heavy atom. The summed E-state index contributed by atoms with van der Waals surface area (Å²) in [6.45, 7) is 5.46. The maximum absolute atomic E-state index is 9.84. The predicted molar refractivity (Wildman–Crippen MR) is 70.1 cm³/mol. The van der Waals surface area contributed by atoms with E-state index in [1.54, 1.807) is 0 Å². The number of nitrogens with zero attached hydrogens (tertiary/aromatic N) is 2. The Morgan fingerprint density at radius 3 is 2.65 bits per heavy atom. The molecule has 2 aliphatic heterocycles. The van der Waals surface area contributed by atoms with Crippen molar-refractivity contribution in [2.75, 3.05) is 46.8 Å². The lowest BCUT2D eigenvalue weighted by Crippen LogP contribution is -2.42. The summed E-state index contributed by atoms with van der Waals surface area (Å²) in [5.74, 6) is 0.825. The van der Waals surface area contributed by atoms with Crippen molar-refractivity contribution in [1.82, 2.24) is 15.1 Å². The summed E-state index contributed by atoms with van der Waals surface area (Å²) in [5.41, 5.74) is 0. The van der Waals surface area contributed by atoms with E-state index in [-0.39, 0.29) is 6.10 Å². The van der Waals surface area contributed by atoms with Crippen molar-refractivity contribution in [2.45, 2.75) is 31.4 Å². The first-order chi connectivity index (χ1) is 8.15. The zero-order chi connectivity index (χ0) is 12.3. The molecule has 4 heteroatoms. The fourth-order valence-corrected chi connectivity index (χ4v) is 3.19. The lowest BCUT2D eigenvalue weighted by atomic mass is 9.97. The van der Waals surface area contributed by atoms with E-state index in [4.69, 9.17) is 0 Å². The minimum Gasteiger partial charge on any atom is -0.392 e. The van der Waals surface area contributed by atoms with Gasteiger partial charge in [0.1, 0.15) is 0 Å². The normalized spacial score (nSPS) is 32.5. The van der Waals surface area contributed by atoms with Crippen LogP contribution in [0.5, 0.6) is 0 Å². The molecular weight excluding hydrogens is 214 g/mol. The Kier molecular flexibility index (Phi) is 4.79. The summed E-state index contributed by atoms with van der Waals surface area (Å²) in [6, 6.07) is 0.551. The lowest BCUT2D eigenvalue weighted by Gasteiger charge is -2.32. The number of aliphatic hydroxyl groups excluding tert-OH is 1. The van der Waals surface area contributed by atoms with Gasteiger partial charge in [-0.05, 0) is 52.4 Å². The molecule has 2 atom stereocenters. The van der Waals surface area contributed by atoms with Crippen molar-refractivity contribution in [2.24, 2.45) is 5.92 Å². The minimum absolute atomic E-state index is 0.110. The smallest absolute Gasteiger partial charge is 0.0682 e. The van der Waals surface area contributed by atoms with Crippen molar-refractivity contribution in [3.8, 4) is 0 Å². The van der Waals surface area contributed by atoms with Gasteiger partial charge in [-0.3, -0.25) is 4.90 Å².